The molecule has 1 heterocycles. The Hall–Kier alpha value is -2.31. The molecular weight excluding hydrogens is 420 g/mol. The van der Waals surface area contributed by atoms with E-state index in [-0.39, 0.29) is 23.7 Å². The minimum Gasteiger partial charge on any atom is -0.612 e. The van der Waals surface area contributed by atoms with Crippen LogP contribution < -0.4 is 5.32 Å². The molecule has 4 rings (SSSR count). The fourth-order valence-electron chi connectivity index (χ4n) is 5.38. The van der Waals surface area contributed by atoms with Crippen LogP contribution in [0.1, 0.15) is 43.4 Å². The van der Waals surface area contributed by atoms with E-state index in [9.17, 15) is 14.1 Å². The van der Waals surface area contributed by atoms with Gasteiger partial charge in [-0.3, -0.25) is 9.59 Å². The highest BCUT2D eigenvalue weighted by atomic mass is 32.2. The predicted molar refractivity (Wildman–Crippen MR) is 126 cm³/mol. The molecule has 3 atom stereocenters. The molecule has 6 heteroatoms. The van der Waals surface area contributed by atoms with Crippen molar-refractivity contribution in [1.29, 1.82) is 0 Å². The molecule has 1 N–H and O–H groups in total. The number of hydrogen-bond donors (Lipinski definition) is 1. The van der Waals surface area contributed by atoms with Crippen molar-refractivity contribution in [3.8, 4) is 0 Å². The van der Waals surface area contributed by atoms with Crippen molar-refractivity contribution < 1.29 is 14.1 Å². The second-order valence-corrected chi connectivity index (χ2v) is 10.3. The monoisotopic (exact) mass is 452 g/mol. The summed E-state index contributed by atoms with van der Waals surface area (Å²) in [7, 11) is 0. The maximum absolute atomic E-state index is 13.9. The minimum absolute atomic E-state index is 0.0176. The SMILES string of the molecule is CCC(CC)[C@@H]1C(=O)N[C@H](C2Cc3ccccc3C2)C(=O)N1Cc1ccccc1[S+](C)[O-]. The zero-order valence-corrected chi connectivity index (χ0v) is 19.9. The smallest absolute Gasteiger partial charge is 0.246 e. The second kappa shape index (κ2) is 9.67. The van der Waals surface area contributed by atoms with Gasteiger partial charge < -0.3 is 14.8 Å². The Balaban J connectivity index is 1.66. The number of piperazine rings is 1. The van der Waals surface area contributed by atoms with Crippen LogP contribution in [0.3, 0.4) is 0 Å². The molecule has 5 nitrogen and oxygen atoms in total. The van der Waals surface area contributed by atoms with Crippen LogP contribution in [0.2, 0.25) is 0 Å². The van der Waals surface area contributed by atoms with E-state index in [4.69, 9.17) is 0 Å². The Kier molecular flexibility index (Phi) is 6.91. The van der Waals surface area contributed by atoms with Gasteiger partial charge in [0.25, 0.3) is 0 Å². The van der Waals surface area contributed by atoms with E-state index in [0.717, 1.165) is 36.1 Å². The average molecular weight is 453 g/mol. The van der Waals surface area contributed by atoms with Crippen molar-refractivity contribution in [2.75, 3.05) is 6.26 Å². The fourth-order valence-corrected chi connectivity index (χ4v) is 6.16. The molecule has 1 saturated heterocycles. The molecule has 0 saturated carbocycles. The first-order valence-electron chi connectivity index (χ1n) is 11.5. The molecule has 0 bridgehead atoms. The zero-order valence-electron chi connectivity index (χ0n) is 19.0. The van der Waals surface area contributed by atoms with E-state index in [2.05, 4.69) is 31.3 Å². The summed E-state index contributed by atoms with van der Waals surface area (Å²) in [5.41, 5.74) is 3.38. The van der Waals surface area contributed by atoms with Gasteiger partial charge in [-0.1, -0.05) is 69.2 Å². The molecular formula is C26H32N2O3S. The summed E-state index contributed by atoms with van der Waals surface area (Å²) in [5, 5.41) is 3.11. The van der Waals surface area contributed by atoms with Crippen molar-refractivity contribution in [2.24, 2.45) is 11.8 Å². The van der Waals surface area contributed by atoms with Gasteiger partial charge in [-0.05, 0) is 53.0 Å². The molecule has 0 spiro atoms. The highest BCUT2D eigenvalue weighted by molar-refractivity contribution is 7.90. The first-order chi connectivity index (χ1) is 15.4. The predicted octanol–water partition coefficient (Wildman–Crippen LogP) is 3.47. The molecule has 0 aromatic heterocycles. The number of carbonyl (C=O) groups is 2. The summed E-state index contributed by atoms with van der Waals surface area (Å²) in [5.74, 6) is 0.0647. The quantitative estimate of drug-likeness (QED) is 0.654. The molecule has 1 unspecified atom stereocenters. The van der Waals surface area contributed by atoms with E-state index < -0.39 is 23.3 Å². The second-order valence-electron chi connectivity index (χ2n) is 8.97. The molecule has 0 radical (unpaired) electrons. The Morgan fingerprint density at radius 1 is 1.03 bits per heavy atom. The Bertz CT molecular complexity index is 964. The Morgan fingerprint density at radius 2 is 1.62 bits per heavy atom. The van der Waals surface area contributed by atoms with Crippen LogP contribution in [0.4, 0.5) is 0 Å². The summed E-state index contributed by atoms with van der Waals surface area (Å²) >= 11 is -1.17. The summed E-state index contributed by atoms with van der Waals surface area (Å²) in [6.07, 6.45) is 4.89. The van der Waals surface area contributed by atoms with Gasteiger partial charge in [0, 0.05) is 5.56 Å². The molecule has 32 heavy (non-hydrogen) atoms. The van der Waals surface area contributed by atoms with Gasteiger partial charge in [-0.15, -0.1) is 0 Å². The van der Waals surface area contributed by atoms with Crippen LogP contribution in [-0.4, -0.2) is 39.6 Å². The van der Waals surface area contributed by atoms with E-state index in [1.165, 1.54) is 11.1 Å². The van der Waals surface area contributed by atoms with Gasteiger partial charge in [0.1, 0.15) is 18.3 Å². The average Bonchev–Trinajstić information content (AvgIpc) is 3.22. The topological polar surface area (TPSA) is 72.5 Å². The maximum Gasteiger partial charge on any atom is 0.246 e. The highest BCUT2D eigenvalue weighted by Crippen LogP contribution is 2.33. The number of rotatable bonds is 7. The molecule has 1 fully saturated rings. The van der Waals surface area contributed by atoms with Crippen LogP contribution >= 0.6 is 0 Å². The number of benzene rings is 2. The van der Waals surface area contributed by atoms with Gasteiger partial charge >= 0.3 is 0 Å². The molecule has 2 amide bonds. The lowest BCUT2D eigenvalue weighted by atomic mass is 9.86. The molecule has 1 aliphatic heterocycles. The van der Waals surface area contributed by atoms with Crippen molar-refractivity contribution in [1.82, 2.24) is 10.2 Å². The molecule has 2 aromatic carbocycles. The first-order valence-corrected chi connectivity index (χ1v) is 13.1. The van der Waals surface area contributed by atoms with Gasteiger partial charge in [-0.2, -0.15) is 0 Å². The van der Waals surface area contributed by atoms with Gasteiger partial charge in [0.2, 0.25) is 11.8 Å². The Labute approximate surface area is 193 Å². The van der Waals surface area contributed by atoms with E-state index in [0.29, 0.717) is 6.54 Å². The lowest BCUT2D eigenvalue weighted by Gasteiger charge is -2.43. The fraction of sp³-hybridized carbons (Fsp3) is 0.462. The Morgan fingerprint density at radius 3 is 2.22 bits per heavy atom. The van der Waals surface area contributed by atoms with Crippen LogP contribution in [0.25, 0.3) is 0 Å². The van der Waals surface area contributed by atoms with Crippen molar-refractivity contribution in [2.45, 2.75) is 63.1 Å². The molecule has 170 valence electrons. The lowest BCUT2D eigenvalue weighted by molar-refractivity contribution is -0.154. The number of fused-ring (bicyclic) bond motifs is 1. The summed E-state index contributed by atoms with van der Waals surface area (Å²) in [6, 6.07) is 14.8. The number of nitrogens with zero attached hydrogens (tertiary/aromatic N) is 1. The third-order valence-corrected chi connectivity index (χ3v) is 8.14. The normalized spacial score (nSPS) is 22.2. The largest absolute Gasteiger partial charge is 0.612 e. The van der Waals surface area contributed by atoms with Crippen molar-refractivity contribution in [3.05, 3.63) is 65.2 Å². The maximum atomic E-state index is 13.9. The standard InChI is InChI=1S/C26H32N2O3S/c1-4-17(5-2)24-25(29)27-23(21-14-18-10-6-7-11-19(18)15-21)26(30)28(24)16-20-12-8-9-13-22(20)32(3)31/h6-13,17,21,23-24H,4-5,14-16H2,1-3H3,(H,27,29)/t23-,24-,32?/m1/s1. The number of amides is 2. The summed E-state index contributed by atoms with van der Waals surface area (Å²) in [4.78, 5) is 29.8. The first kappa shape index (κ1) is 22.9. The van der Waals surface area contributed by atoms with Crippen LogP contribution in [0.15, 0.2) is 53.4 Å². The summed E-state index contributed by atoms with van der Waals surface area (Å²) in [6.45, 7) is 4.44. The van der Waals surface area contributed by atoms with Crippen LogP contribution in [0.5, 0.6) is 0 Å². The van der Waals surface area contributed by atoms with Crippen molar-refractivity contribution in [3.63, 3.8) is 0 Å². The molecule has 2 aliphatic rings. The third-order valence-electron chi connectivity index (χ3n) is 7.12. The van der Waals surface area contributed by atoms with E-state index in [1.807, 2.05) is 36.4 Å². The van der Waals surface area contributed by atoms with Gasteiger partial charge in [0.15, 0.2) is 4.90 Å². The highest BCUT2D eigenvalue weighted by Gasteiger charge is 2.47. The van der Waals surface area contributed by atoms with Crippen molar-refractivity contribution >= 4 is 23.0 Å². The summed E-state index contributed by atoms with van der Waals surface area (Å²) < 4.78 is 12.3. The number of nitrogens with one attached hydrogen (secondary N) is 1. The lowest BCUT2D eigenvalue weighted by Crippen LogP contribution is -2.66. The molecule has 1 aliphatic carbocycles. The number of carbonyl (C=O) groups excluding carboxylic acids is 2. The zero-order chi connectivity index (χ0) is 22.8. The van der Waals surface area contributed by atoms with Crippen LogP contribution in [0, 0.1) is 11.8 Å². The van der Waals surface area contributed by atoms with Crippen LogP contribution in [-0.2, 0) is 40.2 Å². The third kappa shape index (κ3) is 4.30. The van der Waals surface area contributed by atoms with E-state index in [1.54, 1.807) is 11.2 Å². The molecule has 2 aromatic rings. The minimum atomic E-state index is -1.17. The van der Waals surface area contributed by atoms with E-state index >= 15 is 0 Å². The van der Waals surface area contributed by atoms with Gasteiger partial charge in [-0.25, -0.2) is 0 Å². The van der Waals surface area contributed by atoms with Gasteiger partial charge in [0.05, 0.1) is 6.54 Å². The number of hydrogen-bond acceptors (Lipinski definition) is 3.